The van der Waals surface area contributed by atoms with Gasteiger partial charge in [0, 0.05) is 11.6 Å². The lowest BCUT2D eigenvalue weighted by atomic mass is 10.1. The Balaban J connectivity index is 2.03. The molecule has 1 saturated heterocycles. The van der Waals surface area contributed by atoms with Crippen molar-refractivity contribution in [2.45, 2.75) is 37.7 Å². The number of hydrogen-bond donors (Lipinski definition) is 1. The van der Waals surface area contributed by atoms with E-state index in [1.54, 1.807) is 19.1 Å². The summed E-state index contributed by atoms with van der Waals surface area (Å²) in [5, 5.41) is 0.424. The summed E-state index contributed by atoms with van der Waals surface area (Å²) in [5.41, 5.74) is 0.522. The molecule has 21 heavy (non-hydrogen) atoms. The summed E-state index contributed by atoms with van der Waals surface area (Å²) >= 11 is 5.97. The van der Waals surface area contributed by atoms with Crippen molar-refractivity contribution in [2.75, 3.05) is 19.6 Å². The maximum Gasteiger partial charge on any atom is 0.262 e. The van der Waals surface area contributed by atoms with Gasteiger partial charge in [0.05, 0.1) is 11.0 Å². The predicted molar refractivity (Wildman–Crippen MR) is 82.7 cm³/mol. The smallest absolute Gasteiger partial charge is 0.262 e. The van der Waals surface area contributed by atoms with E-state index in [2.05, 4.69) is 16.7 Å². The summed E-state index contributed by atoms with van der Waals surface area (Å²) in [6, 6.07) is 4.80. The summed E-state index contributed by atoms with van der Waals surface area (Å²) in [4.78, 5) is 10.0. The first-order valence-electron chi connectivity index (χ1n) is 7.09. The molecule has 1 fully saturated rings. The van der Waals surface area contributed by atoms with E-state index in [0.29, 0.717) is 10.6 Å². The molecule has 7 heteroatoms. The minimum absolute atomic E-state index is 0.118. The Morgan fingerprint density at radius 2 is 2.24 bits per heavy atom. The molecule has 1 heterocycles. The average molecular weight is 333 g/mol. The van der Waals surface area contributed by atoms with Gasteiger partial charge in [-0.25, -0.2) is 8.42 Å². The molecular weight excluding hydrogens is 312 g/mol. The van der Waals surface area contributed by atoms with Crippen LogP contribution >= 0.6 is 11.6 Å². The van der Waals surface area contributed by atoms with Gasteiger partial charge < -0.3 is 4.90 Å². The van der Waals surface area contributed by atoms with Crippen LogP contribution in [0.5, 0.6) is 0 Å². The lowest BCUT2D eigenvalue weighted by Gasteiger charge is -2.31. The van der Waals surface area contributed by atoms with E-state index in [9.17, 15) is 8.42 Å². The molecule has 0 radical (unpaired) electrons. The first kappa shape index (κ1) is 16.7. The first-order valence-corrected chi connectivity index (χ1v) is 8.95. The number of nitrogens with one attached hydrogen (secondary N) is 1. The van der Waals surface area contributed by atoms with E-state index in [-0.39, 0.29) is 11.0 Å². The Labute approximate surface area is 131 Å². The van der Waals surface area contributed by atoms with Gasteiger partial charge in [-0.3, -0.25) is 4.84 Å². The van der Waals surface area contributed by atoms with Gasteiger partial charge in [0.15, 0.2) is 0 Å². The number of likely N-dealkylation sites (N-methyl/N-ethyl adjacent to an activating group) is 1. The van der Waals surface area contributed by atoms with Gasteiger partial charge in [-0.15, -0.1) is 0 Å². The highest BCUT2D eigenvalue weighted by Crippen LogP contribution is 2.23. The Morgan fingerprint density at radius 1 is 1.48 bits per heavy atom. The molecule has 1 unspecified atom stereocenters. The molecule has 1 N–H and O–H groups in total. The number of halogens is 1. The molecule has 1 aromatic carbocycles. The standard InChI is InChI=1S/C14H21ClN2O3S/c1-3-17-9-5-6-12(10-17)20-16-21(18,19)14-8-4-7-13(15)11(14)2/h4,7-8,12,16H,3,5-6,9-10H2,1-2H3. The fraction of sp³-hybridized carbons (Fsp3) is 0.571. The maximum absolute atomic E-state index is 12.3. The van der Waals surface area contributed by atoms with E-state index < -0.39 is 10.0 Å². The maximum atomic E-state index is 12.3. The quantitative estimate of drug-likeness (QED) is 0.841. The Bertz CT molecular complexity index is 592. The van der Waals surface area contributed by atoms with Crippen LogP contribution in [0.3, 0.4) is 0 Å². The van der Waals surface area contributed by atoms with Crippen molar-refractivity contribution in [3.8, 4) is 0 Å². The number of nitrogens with zero attached hydrogens (tertiary/aromatic N) is 1. The zero-order valence-corrected chi connectivity index (χ0v) is 13.9. The third-order valence-corrected chi connectivity index (χ3v) is 5.49. The molecule has 0 aliphatic carbocycles. The minimum atomic E-state index is -3.71. The van der Waals surface area contributed by atoms with Crippen molar-refractivity contribution >= 4 is 21.6 Å². The molecule has 1 aromatic rings. The van der Waals surface area contributed by atoms with Gasteiger partial charge in [0.2, 0.25) is 0 Å². The Morgan fingerprint density at radius 3 is 2.95 bits per heavy atom. The largest absolute Gasteiger partial charge is 0.301 e. The number of hydrogen-bond acceptors (Lipinski definition) is 4. The summed E-state index contributed by atoms with van der Waals surface area (Å²) in [5.74, 6) is 0. The van der Waals surface area contributed by atoms with Crippen LogP contribution in [0.15, 0.2) is 23.1 Å². The fourth-order valence-electron chi connectivity index (χ4n) is 2.45. The minimum Gasteiger partial charge on any atom is -0.301 e. The molecule has 1 aliphatic heterocycles. The van der Waals surface area contributed by atoms with Crippen molar-refractivity contribution in [3.05, 3.63) is 28.8 Å². The van der Waals surface area contributed by atoms with Gasteiger partial charge in [-0.2, -0.15) is 0 Å². The third-order valence-electron chi connectivity index (χ3n) is 3.74. The molecular formula is C14H21ClN2O3S. The van der Waals surface area contributed by atoms with Gasteiger partial charge in [-0.05, 0) is 50.6 Å². The van der Waals surface area contributed by atoms with Crippen molar-refractivity contribution in [1.29, 1.82) is 0 Å². The highest BCUT2D eigenvalue weighted by atomic mass is 35.5. The van der Waals surface area contributed by atoms with E-state index in [1.165, 1.54) is 6.07 Å². The van der Waals surface area contributed by atoms with Crippen LogP contribution in [0.25, 0.3) is 0 Å². The molecule has 0 amide bonds. The van der Waals surface area contributed by atoms with E-state index in [4.69, 9.17) is 16.4 Å². The molecule has 0 spiro atoms. The highest BCUT2D eigenvalue weighted by Gasteiger charge is 2.23. The van der Waals surface area contributed by atoms with Crippen LogP contribution < -0.4 is 4.89 Å². The Kier molecular flexibility index (Phi) is 5.62. The van der Waals surface area contributed by atoms with Gasteiger partial charge in [-0.1, -0.05) is 29.5 Å². The highest BCUT2D eigenvalue weighted by molar-refractivity contribution is 7.89. The van der Waals surface area contributed by atoms with Crippen LogP contribution in [-0.4, -0.2) is 39.1 Å². The van der Waals surface area contributed by atoms with Gasteiger partial charge in [0.1, 0.15) is 0 Å². The zero-order valence-electron chi connectivity index (χ0n) is 12.3. The average Bonchev–Trinajstić information content (AvgIpc) is 2.48. The summed E-state index contributed by atoms with van der Waals surface area (Å²) < 4.78 is 24.6. The van der Waals surface area contributed by atoms with E-state index >= 15 is 0 Å². The first-order chi connectivity index (χ1) is 9.94. The van der Waals surface area contributed by atoms with Crippen LogP contribution in [0, 0.1) is 6.92 Å². The second kappa shape index (κ2) is 7.07. The number of likely N-dealkylation sites (tertiary alicyclic amines) is 1. The fourth-order valence-corrected chi connectivity index (χ4v) is 3.81. The molecule has 0 bridgehead atoms. The summed E-state index contributed by atoms with van der Waals surface area (Å²) in [7, 11) is -3.71. The van der Waals surface area contributed by atoms with Gasteiger partial charge in [0.25, 0.3) is 10.0 Å². The molecule has 5 nitrogen and oxygen atoms in total. The number of rotatable bonds is 5. The SMILES string of the molecule is CCN1CCCC(ONS(=O)(=O)c2cccc(Cl)c2C)C1. The second-order valence-corrected chi connectivity index (χ2v) is 7.25. The summed E-state index contributed by atoms with van der Waals surface area (Å²) in [6.45, 7) is 6.49. The van der Waals surface area contributed by atoms with Crippen LogP contribution in [-0.2, 0) is 14.9 Å². The van der Waals surface area contributed by atoms with Crippen molar-refractivity contribution < 1.29 is 13.3 Å². The molecule has 0 saturated carbocycles. The molecule has 0 aromatic heterocycles. The number of benzene rings is 1. The van der Waals surface area contributed by atoms with Crippen molar-refractivity contribution in [3.63, 3.8) is 0 Å². The van der Waals surface area contributed by atoms with Crippen LogP contribution in [0.4, 0.5) is 0 Å². The Hall–Kier alpha value is -0.660. The van der Waals surface area contributed by atoms with E-state index in [0.717, 1.165) is 32.5 Å². The van der Waals surface area contributed by atoms with Gasteiger partial charge >= 0.3 is 0 Å². The second-order valence-electron chi connectivity index (χ2n) is 5.23. The number of sulfonamides is 1. The third kappa shape index (κ3) is 4.17. The number of piperidine rings is 1. The lowest BCUT2D eigenvalue weighted by molar-refractivity contribution is -0.0258. The zero-order chi connectivity index (χ0) is 15.5. The molecule has 2 rings (SSSR count). The summed E-state index contributed by atoms with van der Waals surface area (Å²) in [6.07, 6.45) is 1.75. The predicted octanol–water partition coefficient (Wildman–Crippen LogP) is 2.34. The molecule has 1 atom stereocenters. The molecule has 118 valence electrons. The van der Waals surface area contributed by atoms with Crippen LogP contribution in [0.1, 0.15) is 25.3 Å². The van der Waals surface area contributed by atoms with Crippen molar-refractivity contribution in [2.24, 2.45) is 0 Å². The van der Waals surface area contributed by atoms with E-state index in [1.807, 2.05) is 0 Å². The lowest BCUT2D eigenvalue weighted by Crippen LogP contribution is -2.42. The van der Waals surface area contributed by atoms with Crippen molar-refractivity contribution in [1.82, 2.24) is 9.79 Å². The molecule has 1 aliphatic rings. The topological polar surface area (TPSA) is 58.6 Å². The normalized spacial score (nSPS) is 20.6. The monoisotopic (exact) mass is 332 g/mol. The van der Waals surface area contributed by atoms with Crippen LogP contribution in [0.2, 0.25) is 5.02 Å².